The van der Waals surface area contributed by atoms with Crippen molar-refractivity contribution in [3.63, 3.8) is 0 Å². The van der Waals surface area contributed by atoms with Crippen LogP contribution in [0.2, 0.25) is 0 Å². The Labute approximate surface area is 100 Å². The van der Waals surface area contributed by atoms with Crippen molar-refractivity contribution in [1.29, 1.82) is 0 Å². The molecular weight excluding hydrogens is 212 g/mol. The Balaban J connectivity index is 2.47. The molecule has 0 saturated heterocycles. The van der Waals surface area contributed by atoms with Gasteiger partial charge in [-0.25, -0.2) is 0 Å². The summed E-state index contributed by atoms with van der Waals surface area (Å²) in [5, 5.41) is 0. The van der Waals surface area contributed by atoms with E-state index in [0.29, 0.717) is 0 Å². The molecule has 0 radical (unpaired) electrons. The Bertz CT molecular complexity index is 549. The van der Waals surface area contributed by atoms with Crippen LogP contribution in [-0.4, -0.2) is 10.9 Å². The van der Waals surface area contributed by atoms with E-state index in [0.717, 1.165) is 22.3 Å². The maximum Gasteiger partial charge on any atom is 0.221 e. The lowest BCUT2D eigenvalue weighted by molar-refractivity contribution is -0.117. The first-order valence-corrected chi connectivity index (χ1v) is 5.45. The minimum Gasteiger partial charge on any atom is -0.369 e. The minimum absolute atomic E-state index is 0.254. The van der Waals surface area contributed by atoms with Crippen molar-refractivity contribution < 1.29 is 4.79 Å². The molecule has 0 unspecified atom stereocenters. The number of carbonyl (C=O) groups excluding carboxylic acids is 1. The van der Waals surface area contributed by atoms with Crippen molar-refractivity contribution in [2.75, 3.05) is 0 Å². The van der Waals surface area contributed by atoms with Crippen molar-refractivity contribution in [3.05, 3.63) is 53.9 Å². The van der Waals surface area contributed by atoms with E-state index in [1.807, 2.05) is 37.3 Å². The fraction of sp³-hybridized carbons (Fsp3) is 0.143. The number of hydrogen-bond acceptors (Lipinski definition) is 2. The molecule has 1 aromatic heterocycles. The van der Waals surface area contributed by atoms with Crippen LogP contribution in [0.25, 0.3) is 11.1 Å². The normalized spacial score (nSPS) is 10.2. The highest BCUT2D eigenvalue weighted by molar-refractivity contribution is 5.80. The lowest BCUT2D eigenvalue weighted by Gasteiger charge is -2.08. The zero-order chi connectivity index (χ0) is 12.3. The number of aryl methyl sites for hydroxylation is 1. The standard InChI is InChI=1S/C14H14N2O/c1-10-6-12(9-16-8-10)13-5-3-2-4-11(13)7-14(15)17/h2-6,8-9H,7H2,1H3,(H2,15,17). The fourth-order valence-corrected chi connectivity index (χ4v) is 1.85. The van der Waals surface area contributed by atoms with Gasteiger partial charge in [-0.1, -0.05) is 24.3 Å². The van der Waals surface area contributed by atoms with Gasteiger partial charge in [-0.05, 0) is 29.7 Å². The van der Waals surface area contributed by atoms with E-state index in [-0.39, 0.29) is 12.3 Å². The molecule has 0 spiro atoms. The molecule has 17 heavy (non-hydrogen) atoms. The predicted molar refractivity (Wildman–Crippen MR) is 67.3 cm³/mol. The molecule has 3 heteroatoms. The highest BCUT2D eigenvalue weighted by Crippen LogP contribution is 2.23. The van der Waals surface area contributed by atoms with Crippen LogP contribution in [0, 0.1) is 6.92 Å². The summed E-state index contributed by atoms with van der Waals surface area (Å²) in [5.41, 5.74) is 9.31. The van der Waals surface area contributed by atoms with Gasteiger partial charge in [-0.3, -0.25) is 9.78 Å². The number of amides is 1. The molecule has 2 aromatic rings. The first-order valence-electron chi connectivity index (χ1n) is 5.45. The third-order valence-electron chi connectivity index (χ3n) is 2.57. The molecule has 1 aromatic carbocycles. The van der Waals surface area contributed by atoms with Crippen LogP contribution in [0.1, 0.15) is 11.1 Å². The van der Waals surface area contributed by atoms with E-state index in [1.54, 1.807) is 12.4 Å². The van der Waals surface area contributed by atoms with Gasteiger partial charge in [0.2, 0.25) is 5.91 Å². The van der Waals surface area contributed by atoms with E-state index in [1.165, 1.54) is 0 Å². The van der Waals surface area contributed by atoms with Crippen molar-refractivity contribution in [3.8, 4) is 11.1 Å². The summed E-state index contributed by atoms with van der Waals surface area (Å²) in [6, 6.07) is 9.80. The van der Waals surface area contributed by atoms with Gasteiger partial charge in [-0.15, -0.1) is 0 Å². The van der Waals surface area contributed by atoms with Gasteiger partial charge in [0.05, 0.1) is 6.42 Å². The maximum absolute atomic E-state index is 11.0. The molecule has 0 aliphatic rings. The smallest absolute Gasteiger partial charge is 0.221 e. The molecule has 0 aliphatic heterocycles. The highest BCUT2D eigenvalue weighted by atomic mass is 16.1. The van der Waals surface area contributed by atoms with E-state index in [4.69, 9.17) is 5.73 Å². The number of carbonyl (C=O) groups is 1. The molecule has 0 bridgehead atoms. The summed E-state index contributed by atoms with van der Waals surface area (Å²) in [6.45, 7) is 1.99. The van der Waals surface area contributed by atoms with Crippen LogP contribution in [0.3, 0.4) is 0 Å². The number of hydrogen-bond donors (Lipinski definition) is 1. The van der Waals surface area contributed by atoms with Crippen LogP contribution in [0.4, 0.5) is 0 Å². The predicted octanol–water partition coefficient (Wildman–Crippen LogP) is 2.08. The molecule has 86 valence electrons. The number of primary amides is 1. The van der Waals surface area contributed by atoms with E-state index in [9.17, 15) is 4.79 Å². The largest absolute Gasteiger partial charge is 0.369 e. The zero-order valence-corrected chi connectivity index (χ0v) is 9.68. The summed E-state index contributed by atoms with van der Waals surface area (Å²) in [6.07, 6.45) is 3.86. The molecule has 1 heterocycles. The summed E-state index contributed by atoms with van der Waals surface area (Å²) in [7, 11) is 0. The molecular formula is C14H14N2O. The minimum atomic E-state index is -0.321. The Morgan fingerprint density at radius 2 is 2.06 bits per heavy atom. The number of nitrogens with two attached hydrogens (primary N) is 1. The SMILES string of the molecule is Cc1cncc(-c2ccccc2CC(N)=O)c1. The molecule has 1 amide bonds. The topological polar surface area (TPSA) is 56.0 Å². The van der Waals surface area contributed by atoms with Crippen LogP contribution < -0.4 is 5.73 Å². The summed E-state index contributed by atoms with van der Waals surface area (Å²) in [4.78, 5) is 15.2. The van der Waals surface area contributed by atoms with Crippen molar-refractivity contribution in [1.82, 2.24) is 4.98 Å². The van der Waals surface area contributed by atoms with E-state index < -0.39 is 0 Å². The van der Waals surface area contributed by atoms with Crippen molar-refractivity contribution in [2.24, 2.45) is 5.73 Å². The maximum atomic E-state index is 11.0. The van der Waals surface area contributed by atoms with Gasteiger partial charge in [0.15, 0.2) is 0 Å². The summed E-state index contributed by atoms with van der Waals surface area (Å²) < 4.78 is 0. The lowest BCUT2D eigenvalue weighted by Crippen LogP contribution is -2.14. The zero-order valence-electron chi connectivity index (χ0n) is 9.68. The molecule has 3 nitrogen and oxygen atoms in total. The Morgan fingerprint density at radius 3 is 2.76 bits per heavy atom. The second-order valence-corrected chi connectivity index (χ2v) is 4.05. The number of pyridine rings is 1. The van der Waals surface area contributed by atoms with Gasteiger partial charge < -0.3 is 5.73 Å². The highest BCUT2D eigenvalue weighted by Gasteiger charge is 2.07. The van der Waals surface area contributed by atoms with Gasteiger partial charge >= 0.3 is 0 Å². The molecule has 0 fully saturated rings. The number of benzene rings is 1. The molecule has 0 saturated carbocycles. The quantitative estimate of drug-likeness (QED) is 0.871. The van der Waals surface area contributed by atoms with Crippen LogP contribution in [-0.2, 0) is 11.2 Å². The Hall–Kier alpha value is -2.16. The average molecular weight is 226 g/mol. The lowest BCUT2D eigenvalue weighted by atomic mass is 9.98. The average Bonchev–Trinajstić information content (AvgIpc) is 2.29. The van der Waals surface area contributed by atoms with Crippen LogP contribution in [0.15, 0.2) is 42.7 Å². The van der Waals surface area contributed by atoms with Crippen molar-refractivity contribution in [2.45, 2.75) is 13.3 Å². The van der Waals surface area contributed by atoms with Gasteiger partial charge in [0, 0.05) is 18.0 Å². The number of nitrogens with zero attached hydrogens (tertiary/aromatic N) is 1. The summed E-state index contributed by atoms with van der Waals surface area (Å²) in [5.74, 6) is -0.321. The van der Waals surface area contributed by atoms with E-state index >= 15 is 0 Å². The molecule has 0 atom stereocenters. The van der Waals surface area contributed by atoms with Crippen LogP contribution >= 0.6 is 0 Å². The Morgan fingerprint density at radius 1 is 1.29 bits per heavy atom. The molecule has 2 rings (SSSR count). The second kappa shape index (κ2) is 4.78. The first kappa shape index (κ1) is 11.3. The Kier molecular flexibility index (Phi) is 3.19. The van der Waals surface area contributed by atoms with Gasteiger partial charge in [-0.2, -0.15) is 0 Å². The van der Waals surface area contributed by atoms with Crippen LogP contribution in [0.5, 0.6) is 0 Å². The fourth-order valence-electron chi connectivity index (χ4n) is 1.85. The molecule has 2 N–H and O–H groups in total. The van der Waals surface area contributed by atoms with Crippen molar-refractivity contribution >= 4 is 5.91 Å². The number of aromatic nitrogens is 1. The number of rotatable bonds is 3. The van der Waals surface area contributed by atoms with Gasteiger partial charge in [0.1, 0.15) is 0 Å². The third kappa shape index (κ3) is 2.69. The third-order valence-corrected chi connectivity index (χ3v) is 2.57. The van der Waals surface area contributed by atoms with Gasteiger partial charge in [0.25, 0.3) is 0 Å². The van der Waals surface area contributed by atoms with E-state index in [2.05, 4.69) is 4.98 Å². The monoisotopic (exact) mass is 226 g/mol. The second-order valence-electron chi connectivity index (χ2n) is 4.05. The molecule has 0 aliphatic carbocycles. The summed E-state index contributed by atoms with van der Waals surface area (Å²) >= 11 is 0. The first-order chi connectivity index (χ1) is 8.16.